The summed E-state index contributed by atoms with van der Waals surface area (Å²) < 4.78 is 5.38. The highest BCUT2D eigenvalue weighted by molar-refractivity contribution is 5.40. The lowest BCUT2D eigenvalue weighted by Gasteiger charge is -2.18. The van der Waals surface area contributed by atoms with Crippen LogP contribution in [-0.2, 0) is 12.8 Å². The molecule has 3 aromatic rings. The summed E-state index contributed by atoms with van der Waals surface area (Å²) in [5.74, 6) is 2.21. The van der Waals surface area contributed by atoms with Crippen LogP contribution in [0.25, 0.3) is 0 Å². The third kappa shape index (κ3) is 5.37. The maximum absolute atomic E-state index is 5.38. The molecule has 0 radical (unpaired) electrons. The molecule has 1 N–H and O–H groups in total. The normalized spacial score (nSPS) is 10.4. The largest absolute Gasteiger partial charge is 0.496 e. The van der Waals surface area contributed by atoms with Gasteiger partial charge in [-0.15, -0.1) is 5.10 Å². The Morgan fingerprint density at radius 1 is 1.07 bits per heavy atom. The number of nitrogens with zero attached hydrogens (tertiary/aromatic N) is 5. The van der Waals surface area contributed by atoms with Crippen molar-refractivity contribution in [1.82, 2.24) is 20.2 Å². The van der Waals surface area contributed by atoms with E-state index >= 15 is 0 Å². The van der Waals surface area contributed by atoms with E-state index in [1.165, 1.54) is 5.56 Å². The van der Waals surface area contributed by atoms with Crippen molar-refractivity contribution < 1.29 is 4.74 Å². The van der Waals surface area contributed by atoms with E-state index in [-0.39, 0.29) is 0 Å². The van der Waals surface area contributed by atoms with Gasteiger partial charge in [0.1, 0.15) is 5.75 Å². The highest BCUT2D eigenvalue weighted by Crippen LogP contribution is 2.17. The third-order valence-electron chi connectivity index (χ3n) is 4.29. The van der Waals surface area contributed by atoms with Crippen LogP contribution in [-0.4, -0.2) is 47.4 Å². The van der Waals surface area contributed by atoms with Gasteiger partial charge in [0.05, 0.1) is 13.3 Å². The van der Waals surface area contributed by atoms with Crippen molar-refractivity contribution in [3.63, 3.8) is 0 Å². The number of ether oxygens (including phenoxy) is 1. The predicted molar refractivity (Wildman–Crippen MR) is 106 cm³/mol. The number of hydrogen-bond acceptors (Lipinski definition) is 7. The molecule has 1 aromatic carbocycles. The summed E-state index contributed by atoms with van der Waals surface area (Å²) in [5.41, 5.74) is 2.39. The van der Waals surface area contributed by atoms with E-state index < -0.39 is 0 Å². The SMILES string of the molecule is COc1ccccc1CCNc1nncc(N(C)CCc2ccncc2)n1. The molecule has 0 bridgehead atoms. The van der Waals surface area contributed by atoms with Gasteiger partial charge in [0.2, 0.25) is 5.95 Å². The Morgan fingerprint density at radius 3 is 2.70 bits per heavy atom. The number of para-hydroxylation sites is 1. The van der Waals surface area contributed by atoms with E-state index in [1.54, 1.807) is 13.3 Å². The van der Waals surface area contributed by atoms with Crippen LogP contribution in [0.1, 0.15) is 11.1 Å². The number of methoxy groups -OCH3 is 1. The van der Waals surface area contributed by atoms with E-state index in [0.29, 0.717) is 12.5 Å². The fourth-order valence-electron chi connectivity index (χ4n) is 2.73. The fraction of sp³-hybridized carbons (Fsp3) is 0.300. The van der Waals surface area contributed by atoms with Gasteiger partial charge in [0, 0.05) is 32.5 Å². The summed E-state index contributed by atoms with van der Waals surface area (Å²) in [4.78, 5) is 10.7. The zero-order valence-corrected chi connectivity index (χ0v) is 15.7. The van der Waals surface area contributed by atoms with Crippen LogP contribution in [0.15, 0.2) is 55.0 Å². The summed E-state index contributed by atoms with van der Waals surface area (Å²) in [7, 11) is 3.69. The maximum Gasteiger partial charge on any atom is 0.244 e. The first-order chi connectivity index (χ1) is 13.3. The first kappa shape index (κ1) is 18.6. The molecule has 0 aliphatic carbocycles. The minimum absolute atomic E-state index is 0.526. The number of rotatable bonds is 9. The molecule has 0 fully saturated rings. The summed E-state index contributed by atoms with van der Waals surface area (Å²) in [6, 6.07) is 12.0. The van der Waals surface area contributed by atoms with E-state index in [2.05, 4.69) is 36.4 Å². The highest BCUT2D eigenvalue weighted by Gasteiger charge is 2.07. The van der Waals surface area contributed by atoms with Crippen molar-refractivity contribution >= 4 is 11.8 Å². The molecule has 0 aliphatic rings. The highest BCUT2D eigenvalue weighted by atomic mass is 16.5. The monoisotopic (exact) mass is 364 g/mol. The molecule has 0 amide bonds. The Labute approximate surface area is 159 Å². The van der Waals surface area contributed by atoms with Crippen LogP contribution >= 0.6 is 0 Å². The molecular weight excluding hydrogens is 340 g/mol. The van der Waals surface area contributed by atoms with Crippen LogP contribution in [0.2, 0.25) is 0 Å². The van der Waals surface area contributed by atoms with E-state index in [9.17, 15) is 0 Å². The molecule has 0 saturated heterocycles. The van der Waals surface area contributed by atoms with Crippen LogP contribution in [0.4, 0.5) is 11.8 Å². The van der Waals surface area contributed by atoms with Crippen molar-refractivity contribution in [3.05, 3.63) is 66.1 Å². The number of likely N-dealkylation sites (N-methyl/N-ethyl adjacent to an activating group) is 1. The summed E-state index contributed by atoms with van der Waals surface area (Å²) in [6.07, 6.45) is 7.03. The van der Waals surface area contributed by atoms with Crippen LogP contribution in [0.3, 0.4) is 0 Å². The first-order valence-electron chi connectivity index (χ1n) is 8.92. The lowest BCUT2D eigenvalue weighted by Crippen LogP contribution is -2.22. The Morgan fingerprint density at radius 2 is 1.89 bits per heavy atom. The standard InChI is InChI=1S/C20H24N6O/c1-26(14-10-16-7-11-21-12-8-16)19-15-23-25-20(24-19)22-13-9-17-5-3-4-6-18(17)27-2/h3-8,11-12,15H,9-10,13-14H2,1-2H3,(H,22,24,25). The summed E-state index contributed by atoms with van der Waals surface area (Å²) >= 11 is 0. The molecule has 2 heterocycles. The average Bonchev–Trinajstić information content (AvgIpc) is 2.73. The number of anilines is 2. The number of benzene rings is 1. The fourth-order valence-corrected chi connectivity index (χ4v) is 2.73. The van der Waals surface area contributed by atoms with E-state index in [4.69, 9.17) is 4.74 Å². The Balaban J connectivity index is 1.53. The topological polar surface area (TPSA) is 76.1 Å². The molecule has 27 heavy (non-hydrogen) atoms. The van der Waals surface area contributed by atoms with Crippen molar-refractivity contribution in [2.45, 2.75) is 12.8 Å². The van der Waals surface area contributed by atoms with Gasteiger partial charge in [-0.05, 0) is 42.2 Å². The smallest absolute Gasteiger partial charge is 0.244 e. The minimum atomic E-state index is 0.526. The van der Waals surface area contributed by atoms with Gasteiger partial charge in [-0.2, -0.15) is 10.1 Å². The van der Waals surface area contributed by atoms with Crippen molar-refractivity contribution in [1.29, 1.82) is 0 Å². The zero-order valence-electron chi connectivity index (χ0n) is 15.7. The van der Waals surface area contributed by atoms with Crippen LogP contribution in [0.5, 0.6) is 5.75 Å². The first-order valence-corrected chi connectivity index (χ1v) is 8.92. The zero-order chi connectivity index (χ0) is 18.9. The average molecular weight is 364 g/mol. The second-order valence-electron chi connectivity index (χ2n) is 6.15. The Bertz CT molecular complexity index is 843. The quantitative estimate of drug-likeness (QED) is 0.625. The Kier molecular flexibility index (Phi) is 6.51. The van der Waals surface area contributed by atoms with Crippen molar-refractivity contribution in [2.24, 2.45) is 0 Å². The molecule has 0 spiro atoms. The lowest BCUT2D eigenvalue weighted by molar-refractivity contribution is 0.410. The number of nitrogens with one attached hydrogen (secondary N) is 1. The van der Waals surface area contributed by atoms with Gasteiger partial charge in [0.15, 0.2) is 5.82 Å². The molecule has 2 aromatic heterocycles. The molecule has 0 aliphatic heterocycles. The molecular formula is C20H24N6O. The summed E-state index contributed by atoms with van der Waals surface area (Å²) in [5, 5.41) is 11.4. The molecule has 7 nitrogen and oxygen atoms in total. The summed E-state index contributed by atoms with van der Waals surface area (Å²) in [6.45, 7) is 1.54. The number of aromatic nitrogens is 4. The minimum Gasteiger partial charge on any atom is -0.496 e. The third-order valence-corrected chi connectivity index (χ3v) is 4.29. The van der Waals surface area contributed by atoms with Crippen molar-refractivity contribution in [2.75, 3.05) is 37.5 Å². The van der Waals surface area contributed by atoms with Gasteiger partial charge >= 0.3 is 0 Å². The molecule has 3 rings (SSSR count). The molecule has 0 atom stereocenters. The predicted octanol–water partition coefficient (Wildman–Crippen LogP) is 2.61. The lowest BCUT2D eigenvalue weighted by atomic mass is 10.1. The second kappa shape index (κ2) is 9.47. The van der Waals surface area contributed by atoms with Gasteiger partial charge < -0.3 is 15.0 Å². The van der Waals surface area contributed by atoms with Crippen LogP contribution < -0.4 is 15.0 Å². The molecule has 140 valence electrons. The number of pyridine rings is 1. The van der Waals surface area contributed by atoms with E-state index in [0.717, 1.165) is 36.5 Å². The van der Waals surface area contributed by atoms with Gasteiger partial charge in [-0.25, -0.2) is 0 Å². The van der Waals surface area contributed by atoms with Gasteiger partial charge in [-0.3, -0.25) is 4.98 Å². The molecule has 7 heteroatoms. The molecule has 0 saturated carbocycles. The van der Waals surface area contributed by atoms with E-state index in [1.807, 2.05) is 49.8 Å². The van der Waals surface area contributed by atoms with Crippen molar-refractivity contribution in [3.8, 4) is 5.75 Å². The second-order valence-corrected chi connectivity index (χ2v) is 6.15. The number of hydrogen-bond donors (Lipinski definition) is 1. The maximum atomic E-state index is 5.38. The molecule has 0 unspecified atom stereocenters. The van der Waals surface area contributed by atoms with Gasteiger partial charge in [0.25, 0.3) is 0 Å². The van der Waals surface area contributed by atoms with Gasteiger partial charge in [-0.1, -0.05) is 18.2 Å². The Hall–Kier alpha value is -3.22. The van der Waals surface area contributed by atoms with Crippen LogP contribution in [0, 0.1) is 0 Å².